The van der Waals surface area contributed by atoms with Crippen molar-refractivity contribution in [2.45, 2.75) is 38.3 Å². The standard InChI is InChI=1S/C12H18N2O3S/c1-2-4-8(7-10(15)16)14-12(17)11(13)9-5-3-6-18-9/h3,5-6,8,11H,2,4,7,13H2,1H3,(H,14,17)(H,15,16). The summed E-state index contributed by atoms with van der Waals surface area (Å²) in [4.78, 5) is 23.3. The Morgan fingerprint density at radius 1 is 1.56 bits per heavy atom. The molecule has 1 aromatic heterocycles. The number of thiophene rings is 1. The highest BCUT2D eigenvalue weighted by Gasteiger charge is 2.21. The quantitative estimate of drug-likeness (QED) is 0.700. The molecule has 6 heteroatoms. The first-order valence-corrected chi connectivity index (χ1v) is 6.73. The van der Waals surface area contributed by atoms with Crippen LogP contribution in [0.15, 0.2) is 17.5 Å². The van der Waals surface area contributed by atoms with Crippen molar-refractivity contribution in [2.24, 2.45) is 5.73 Å². The number of aliphatic carboxylic acids is 1. The summed E-state index contributed by atoms with van der Waals surface area (Å²) in [7, 11) is 0. The van der Waals surface area contributed by atoms with Crippen LogP contribution in [0.5, 0.6) is 0 Å². The van der Waals surface area contributed by atoms with Gasteiger partial charge in [-0.25, -0.2) is 0 Å². The Labute approximate surface area is 110 Å². The molecule has 1 aromatic rings. The molecular formula is C12H18N2O3S. The number of hydrogen-bond donors (Lipinski definition) is 3. The van der Waals surface area contributed by atoms with Gasteiger partial charge < -0.3 is 16.2 Å². The number of amides is 1. The van der Waals surface area contributed by atoms with Gasteiger partial charge >= 0.3 is 5.97 Å². The fraction of sp³-hybridized carbons (Fsp3) is 0.500. The minimum absolute atomic E-state index is 0.0727. The van der Waals surface area contributed by atoms with Gasteiger partial charge in [0.2, 0.25) is 5.91 Å². The average molecular weight is 270 g/mol. The molecule has 0 bridgehead atoms. The summed E-state index contributed by atoms with van der Waals surface area (Å²) in [6, 6.07) is 2.54. The van der Waals surface area contributed by atoms with Crippen molar-refractivity contribution in [3.63, 3.8) is 0 Å². The number of nitrogens with one attached hydrogen (secondary N) is 1. The minimum atomic E-state index is -0.918. The third-order valence-electron chi connectivity index (χ3n) is 2.54. The number of nitrogens with two attached hydrogens (primary N) is 1. The van der Waals surface area contributed by atoms with E-state index in [0.29, 0.717) is 6.42 Å². The molecule has 2 atom stereocenters. The van der Waals surface area contributed by atoms with E-state index in [1.54, 1.807) is 6.07 Å². The maximum Gasteiger partial charge on any atom is 0.305 e. The molecule has 1 heterocycles. The van der Waals surface area contributed by atoms with Crippen molar-refractivity contribution in [1.82, 2.24) is 5.32 Å². The number of hydrogen-bond acceptors (Lipinski definition) is 4. The maximum absolute atomic E-state index is 11.9. The van der Waals surface area contributed by atoms with Crippen molar-refractivity contribution in [3.8, 4) is 0 Å². The van der Waals surface area contributed by atoms with Crippen LogP contribution >= 0.6 is 11.3 Å². The van der Waals surface area contributed by atoms with Gasteiger partial charge in [0, 0.05) is 10.9 Å². The van der Waals surface area contributed by atoms with E-state index >= 15 is 0 Å². The second-order valence-corrected chi connectivity index (χ2v) is 5.06. The van der Waals surface area contributed by atoms with Crippen LogP contribution in [0, 0.1) is 0 Å². The Morgan fingerprint density at radius 2 is 2.28 bits per heavy atom. The van der Waals surface area contributed by atoms with E-state index in [2.05, 4.69) is 5.32 Å². The molecule has 0 spiro atoms. The summed E-state index contributed by atoms with van der Waals surface area (Å²) in [6.07, 6.45) is 1.37. The highest BCUT2D eigenvalue weighted by molar-refractivity contribution is 7.10. The first-order chi connectivity index (χ1) is 8.54. The average Bonchev–Trinajstić information content (AvgIpc) is 2.80. The molecule has 0 aliphatic heterocycles. The summed E-state index contributed by atoms with van der Waals surface area (Å²) >= 11 is 1.41. The number of carbonyl (C=O) groups is 2. The van der Waals surface area contributed by atoms with Crippen molar-refractivity contribution >= 4 is 23.2 Å². The minimum Gasteiger partial charge on any atom is -0.481 e. The van der Waals surface area contributed by atoms with Gasteiger partial charge in [-0.1, -0.05) is 19.4 Å². The Hall–Kier alpha value is -1.40. The molecule has 18 heavy (non-hydrogen) atoms. The molecule has 0 aliphatic carbocycles. The van der Waals surface area contributed by atoms with Gasteiger partial charge in [-0.05, 0) is 17.9 Å². The second-order valence-electron chi connectivity index (χ2n) is 4.09. The van der Waals surface area contributed by atoms with E-state index in [1.807, 2.05) is 18.4 Å². The lowest BCUT2D eigenvalue weighted by Crippen LogP contribution is -2.41. The lowest BCUT2D eigenvalue weighted by molar-refractivity contribution is -0.137. The van der Waals surface area contributed by atoms with Crippen molar-refractivity contribution in [1.29, 1.82) is 0 Å². The Morgan fingerprint density at radius 3 is 2.78 bits per heavy atom. The zero-order chi connectivity index (χ0) is 13.5. The van der Waals surface area contributed by atoms with Crippen LogP contribution in [0.1, 0.15) is 37.1 Å². The fourth-order valence-electron chi connectivity index (χ4n) is 1.67. The molecule has 0 radical (unpaired) electrons. The number of carboxylic acids is 1. The SMILES string of the molecule is CCCC(CC(=O)O)NC(=O)C(N)c1cccs1. The zero-order valence-corrected chi connectivity index (χ0v) is 11.1. The smallest absolute Gasteiger partial charge is 0.305 e. The number of carbonyl (C=O) groups excluding carboxylic acids is 1. The van der Waals surface area contributed by atoms with Crippen LogP contribution in [0.3, 0.4) is 0 Å². The molecule has 100 valence electrons. The monoisotopic (exact) mass is 270 g/mol. The van der Waals surface area contributed by atoms with E-state index in [-0.39, 0.29) is 18.4 Å². The van der Waals surface area contributed by atoms with Gasteiger partial charge in [0.1, 0.15) is 6.04 Å². The van der Waals surface area contributed by atoms with Crippen molar-refractivity contribution in [2.75, 3.05) is 0 Å². The third-order valence-corrected chi connectivity index (χ3v) is 3.49. The topological polar surface area (TPSA) is 92.4 Å². The molecule has 0 fully saturated rings. The lowest BCUT2D eigenvalue weighted by atomic mass is 10.1. The molecule has 0 saturated carbocycles. The first kappa shape index (κ1) is 14.7. The van der Waals surface area contributed by atoms with Gasteiger partial charge in [0.15, 0.2) is 0 Å². The zero-order valence-electron chi connectivity index (χ0n) is 10.3. The third kappa shape index (κ3) is 4.46. The molecule has 0 aromatic carbocycles. The van der Waals surface area contributed by atoms with Gasteiger partial charge in [-0.3, -0.25) is 9.59 Å². The molecular weight excluding hydrogens is 252 g/mol. The van der Waals surface area contributed by atoms with Crippen molar-refractivity contribution in [3.05, 3.63) is 22.4 Å². The normalized spacial score (nSPS) is 13.9. The van der Waals surface area contributed by atoms with Crippen LogP contribution in [-0.4, -0.2) is 23.0 Å². The Kier molecular flexibility index (Phi) is 5.80. The van der Waals surface area contributed by atoms with Crippen LogP contribution in [0.25, 0.3) is 0 Å². The van der Waals surface area contributed by atoms with E-state index in [9.17, 15) is 9.59 Å². The van der Waals surface area contributed by atoms with Gasteiger partial charge in [-0.15, -0.1) is 11.3 Å². The van der Waals surface area contributed by atoms with Crippen LogP contribution in [0.2, 0.25) is 0 Å². The largest absolute Gasteiger partial charge is 0.481 e. The highest BCUT2D eigenvalue weighted by Crippen LogP contribution is 2.17. The molecule has 5 nitrogen and oxygen atoms in total. The van der Waals surface area contributed by atoms with E-state index in [0.717, 1.165) is 11.3 Å². The molecule has 4 N–H and O–H groups in total. The fourth-order valence-corrected chi connectivity index (χ4v) is 2.40. The summed E-state index contributed by atoms with van der Waals surface area (Å²) < 4.78 is 0. The molecule has 0 aliphatic rings. The summed E-state index contributed by atoms with van der Waals surface area (Å²) in [5.41, 5.74) is 5.81. The van der Waals surface area contributed by atoms with E-state index < -0.39 is 12.0 Å². The second kappa shape index (κ2) is 7.13. The predicted molar refractivity (Wildman–Crippen MR) is 70.3 cm³/mol. The molecule has 2 unspecified atom stereocenters. The number of rotatable bonds is 7. The predicted octanol–water partition coefficient (Wildman–Crippen LogP) is 1.51. The summed E-state index contributed by atoms with van der Waals surface area (Å²) in [5.74, 6) is -1.24. The van der Waals surface area contributed by atoms with Crippen LogP contribution in [0.4, 0.5) is 0 Å². The van der Waals surface area contributed by atoms with Crippen molar-refractivity contribution < 1.29 is 14.7 Å². The number of carboxylic acid groups (broad SMARTS) is 1. The van der Waals surface area contributed by atoms with Gasteiger partial charge in [0.05, 0.1) is 6.42 Å². The van der Waals surface area contributed by atoms with Crippen LogP contribution in [-0.2, 0) is 9.59 Å². The lowest BCUT2D eigenvalue weighted by Gasteiger charge is -2.18. The van der Waals surface area contributed by atoms with E-state index in [4.69, 9.17) is 10.8 Å². The first-order valence-electron chi connectivity index (χ1n) is 5.85. The van der Waals surface area contributed by atoms with E-state index in [1.165, 1.54) is 11.3 Å². The maximum atomic E-state index is 11.9. The molecule has 0 saturated heterocycles. The Balaban J connectivity index is 2.57. The molecule has 1 amide bonds. The van der Waals surface area contributed by atoms with Crippen LogP contribution < -0.4 is 11.1 Å². The van der Waals surface area contributed by atoms with Gasteiger partial charge in [-0.2, -0.15) is 0 Å². The molecule has 1 rings (SSSR count). The summed E-state index contributed by atoms with van der Waals surface area (Å²) in [5, 5.41) is 13.3. The van der Waals surface area contributed by atoms with Gasteiger partial charge in [0.25, 0.3) is 0 Å². The highest BCUT2D eigenvalue weighted by atomic mass is 32.1. The Bertz CT molecular complexity index is 392. The summed E-state index contributed by atoms with van der Waals surface area (Å²) in [6.45, 7) is 1.94.